The number of halogens is 3. The zero-order valence-corrected chi connectivity index (χ0v) is 18.6. The molecule has 0 aromatic heterocycles. The number of nitrogens with two attached hydrogens (primary N) is 1. The molecule has 0 unspecified atom stereocenters. The molecule has 1 aliphatic heterocycles. The molecule has 1 atom stereocenters. The van der Waals surface area contributed by atoms with E-state index in [1.54, 1.807) is 48.5 Å². The lowest BCUT2D eigenvalue weighted by atomic mass is 10.00. The van der Waals surface area contributed by atoms with Crippen LogP contribution in [0, 0.1) is 0 Å². The van der Waals surface area contributed by atoms with Crippen molar-refractivity contribution in [3.63, 3.8) is 0 Å². The molecule has 3 N–H and O–H groups in total. The number of esters is 1. The molecule has 0 aliphatic carbocycles. The number of hydrogen-bond donors (Lipinski definition) is 2. The average molecular weight is 482 g/mol. The van der Waals surface area contributed by atoms with Crippen LogP contribution in [0.5, 0.6) is 11.5 Å². The van der Waals surface area contributed by atoms with Gasteiger partial charge < -0.3 is 20.5 Å². The number of ether oxygens (including phenoxy) is 2. The fourth-order valence-electron chi connectivity index (χ4n) is 3.73. The molecule has 0 fully saturated rings. The number of benzene rings is 3. The number of para-hydroxylation sites is 1. The van der Waals surface area contributed by atoms with Gasteiger partial charge in [-0.15, -0.1) is 0 Å². The maximum Gasteiger partial charge on any atom is 0.417 e. The van der Waals surface area contributed by atoms with Crippen molar-refractivity contribution in [2.45, 2.75) is 18.6 Å². The molecule has 9 heteroatoms. The molecule has 1 aliphatic rings. The first-order valence-corrected chi connectivity index (χ1v) is 10.6. The first-order valence-electron chi connectivity index (χ1n) is 10.6. The molecule has 0 bridgehead atoms. The Morgan fingerprint density at radius 1 is 1.06 bits per heavy atom. The summed E-state index contributed by atoms with van der Waals surface area (Å²) >= 11 is 0. The van der Waals surface area contributed by atoms with Gasteiger partial charge in [-0.1, -0.05) is 36.4 Å². The lowest BCUT2D eigenvalue weighted by Gasteiger charge is -2.14. The van der Waals surface area contributed by atoms with Crippen LogP contribution in [0.2, 0.25) is 0 Å². The Morgan fingerprint density at radius 2 is 1.74 bits per heavy atom. The Labute approximate surface area is 199 Å². The number of nitrogens with one attached hydrogen (secondary N) is 1. The van der Waals surface area contributed by atoms with Gasteiger partial charge in [-0.2, -0.15) is 13.2 Å². The molecule has 1 heterocycles. The minimum atomic E-state index is -4.67. The highest BCUT2D eigenvalue weighted by atomic mass is 19.4. The lowest BCUT2D eigenvalue weighted by molar-refractivity contribution is -0.142. The van der Waals surface area contributed by atoms with Gasteiger partial charge in [-0.25, -0.2) is 0 Å². The lowest BCUT2D eigenvalue weighted by Crippen LogP contribution is -2.33. The molecule has 180 valence electrons. The van der Waals surface area contributed by atoms with Crippen molar-refractivity contribution in [1.82, 2.24) is 0 Å². The van der Waals surface area contributed by atoms with Gasteiger partial charge >= 0.3 is 12.1 Å². The van der Waals surface area contributed by atoms with Crippen molar-refractivity contribution < 1.29 is 32.2 Å². The summed E-state index contributed by atoms with van der Waals surface area (Å²) < 4.78 is 51.8. The summed E-state index contributed by atoms with van der Waals surface area (Å²) in [7, 11) is 1.25. The van der Waals surface area contributed by atoms with E-state index in [-0.39, 0.29) is 23.3 Å². The third-order valence-corrected chi connectivity index (χ3v) is 5.46. The number of hydrogen-bond acceptors (Lipinski definition) is 5. The Morgan fingerprint density at radius 3 is 2.43 bits per heavy atom. The summed E-state index contributed by atoms with van der Waals surface area (Å²) in [5.41, 5.74) is 6.64. The zero-order chi connectivity index (χ0) is 25.2. The Hall–Kier alpha value is -4.11. The van der Waals surface area contributed by atoms with E-state index < -0.39 is 29.7 Å². The summed E-state index contributed by atoms with van der Waals surface area (Å²) in [6.07, 6.45) is -3.20. The van der Waals surface area contributed by atoms with E-state index in [9.17, 15) is 22.8 Å². The Balaban J connectivity index is 1.59. The third kappa shape index (κ3) is 5.36. The molecule has 4 rings (SSSR count). The van der Waals surface area contributed by atoms with Crippen molar-refractivity contribution in [1.29, 1.82) is 0 Å². The van der Waals surface area contributed by atoms with E-state index in [0.29, 0.717) is 17.0 Å². The van der Waals surface area contributed by atoms with Crippen LogP contribution in [-0.4, -0.2) is 25.0 Å². The van der Waals surface area contributed by atoms with Crippen molar-refractivity contribution in [3.8, 4) is 11.5 Å². The van der Waals surface area contributed by atoms with E-state index in [0.717, 1.165) is 11.6 Å². The van der Waals surface area contributed by atoms with E-state index in [1.807, 2.05) is 0 Å². The molecule has 0 saturated heterocycles. The highest BCUT2D eigenvalue weighted by Gasteiger charge is 2.34. The van der Waals surface area contributed by atoms with Crippen molar-refractivity contribution >= 4 is 29.2 Å². The maximum atomic E-state index is 13.9. The Bertz CT molecular complexity index is 1300. The number of rotatable bonds is 6. The number of carbonyl (C=O) groups is 2. The summed E-state index contributed by atoms with van der Waals surface area (Å²) in [5.74, 6) is -0.719. The first kappa shape index (κ1) is 24.0. The van der Waals surface area contributed by atoms with Crippen LogP contribution >= 0.6 is 0 Å². The molecule has 3 aromatic carbocycles. The zero-order valence-electron chi connectivity index (χ0n) is 18.6. The predicted octanol–water partition coefficient (Wildman–Crippen LogP) is 5.03. The number of anilines is 1. The minimum Gasteiger partial charge on any atom is -0.468 e. The van der Waals surface area contributed by atoms with Gasteiger partial charge in [-0.3, -0.25) is 9.59 Å². The summed E-state index contributed by atoms with van der Waals surface area (Å²) in [4.78, 5) is 23.8. The maximum absolute atomic E-state index is 13.9. The minimum absolute atomic E-state index is 0.0187. The van der Waals surface area contributed by atoms with E-state index >= 15 is 0 Å². The molecule has 0 radical (unpaired) electrons. The molecule has 3 aromatic rings. The van der Waals surface area contributed by atoms with Gasteiger partial charge in [-0.05, 0) is 54.0 Å². The van der Waals surface area contributed by atoms with Crippen LogP contribution in [0.1, 0.15) is 22.3 Å². The van der Waals surface area contributed by atoms with Crippen LogP contribution in [0.25, 0.3) is 11.6 Å². The SMILES string of the molecule is COC(=O)[C@H](N)Cc1ccc(Oc2ccc(C=C3C(=O)Nc4ccccc43)c(C(F)(F)F)c2)cc1. The highest BCUT2D eigenvalue weighted by molar-refractivity contribution is 6.34. The predicted molar refractivity (Wildman–Crippen MR) is 125 cm³/mol. The van der Waals surface area contributed by atoms with Crippen molar-refractivity contribution in [2.75, 3.05) is 12.4 Å². The van der Waals surface area contributed by atoms with Crippen molar-refractivity contribution in [2.24, 2.45) is 5.73 Å². The largest absolute Gasteiger partial charge is 0.468 e. The molecule has 35 heavy (non-hydrogen) atoms. The van der Waals surface area contributed by atoms with Crippen LogP contribution in [0.4, 0.5) is 18.9 Å². The van der Waals surface area contributed by atoms with Crippen LogP contribution < -0.4 is 15.8 Å². The van der Waals surface area contributed by atoms with Gasteiger partial charge in [0.1, 0.15) is 17.5 Å². The number of methoxy groups -OCH3 is 1. The standard InChI is InChI=1S/C26H21F3N2O4/c1-34-25(33)22(30)12-15-6-9-17(10-7-15)35-18-11-8-16(21(14-18)26(27,28)29)13-20-19-4-2-3-5-23(19)31-24(20)32/h2-11,13-14,22H,12,30H2,1H3,(H,31,32)/t22-/m1/s1. The summed E-state index contributed by atoms with van der Waals surface area (Å²) in [5, 5.41) is 2.65. The summed E-state index contributed by atoms with van der Waals surface area (Å²) in [6, 6.07) is 16.0. The quantitative estimate of drug-likeness (QED) is 0.380. The van der Waals surface area contributed by atoms with E-state index in [4.69, 9.17) is 10.5 Å². The van der Waals surface area contributed by atoms with Crippen LogP contribution in [-0.2, 0) is 26.9 Å². The van der Waals surface area contributed by atoms with Crippen LogP contribution in [0.3, 0.4) is 0 Å². The van der Waals surface area contributed by atoms with Crippen LogP contribution in [0.15, 0.2) is 66.7 Å². The van der Waals surface area contributed by atoms with Gasteiger partial charge in [0.15, 0.2) is 0 Å². The molecular formula is C26H21F3N2O4. The first-order chi connectivity index (χ1) is 16.7. The van der Waals surface area contributed by atoms with Gasteiger partial charge in [0.25, 0.3) is 5.91 Å². The smallest absolute Gasteiger partial charge is 0.417 e. The summed E-state index contributed by atoms with van der Waals surface area (Å²) in [6.45, 7) is 0. The molecule has 0 spiro atoms. The molecular weight excluding hydrogens is 461 g/mol. The average Bonchev–Trinajstić information content (AvgIpc) is 3.14. The Kier molecular flexibility index (Phi) is 6.61. The topological polar surface area (TPSA) is 90.7 Å². The molecule has 6 nitrogen and oxygen atoms in total. The molecule has 1 amide bonds. The van der Waals surface area contributed by atoms with Gasteiger partial charge in [0, 0.05) is 16.8 Å². The second-order valence-corrected chi connectivity index (χ2v) is 7.88. The fraction of sp³-hybridized carbons (Fsp3) is 0.154. The fourth-order valence-corrected chi connectivity index (χ4v) is 3.73. The van der Waals surface area contributed by atoms with Crippen molar-refractivity contribution in [3.05, 3.63) is 89.0 Å². The number of alkyl halides is 3. The van der Waals surface area contributed by atoms with Gasteiger partial charge in [0.05, 0.1) is 12.7 Å². The number of fused-ring (bicyclic) bond motifs is 1. The third-order valence-electron chi connectivity index (χ3n) is 5.46. The number of amides is 1. The highest BCUT2D eigenvalue weighted by Crippen LogP contribution is 2.39. The number of carbonyl (C=O) groups excluding carboxylic acids is 2. The second kappa shape index (κ2) is 9.63. The second-order valence-electron chi connectivity index (χ2n) is 7.88. The van der Waals surface area contributed by atoms with E-state index in [2.05, 4.69) is 10.1 Å². The molecule has 0 saturated carbocycles. The van der Waals surface area contributed by atoms with E-state index in [1.165, 1.54) is 25.3 Å². The van der Waals surface area contributed by atoms with Gasteiger partial charge in [0.2, 0.25) is 0 Å². The normalized spacial score (nSPS) is 14.9. The monoisotopic (exact) mass is 482 g/mol.